The number of hydrogen-bond acceptors (Lipinski definition) is 5. The minimum atomic E-state index is -0.232. The summed E-state index contributed by atoms with van der Waals surface area (Å²) in [5.74, 6) is 1.20. The fourth-order valence-corrected chi connectivity index (χ4v) is 4.05. The van der Waals surface area contributed by atoms with Crippen LogP contribution in [-0.4, -0.2) is 17.3 Å². The minimum absolute atomic E-state index is 0.232. The highest BCUT2D eigenvalue weighted by Crippen LogP contribution is 2.36. The first kappa shape index (κ1) is 14.2. The predicted octanol–water partition coefficient (Wildman–Crippen LogP) is 3.42. The van der Waals surface area contributed by atoms with E-state index in [2.05, 4.69) is 11.6 Å². The van der Waals surface area contributed by atoms with Gasteiger partial charge in [-0.25, -0.2) is 0 Å². The summed E-state index contributed by atoms with van der Waals surface area (Å²) in [4.78, 5) is 17.8. The molecule has 1 aliphatic heterocycles. The van der Waals surface area contributed by atoms with Crippen LogP contribution < -0.4 is 14.3 Å². The largest absolute Gasteiger partial charge is 0.454 e. The Labute approximate surface area is 139 Å². The van der Waals surface area contributed by atoms with Gasteiger partial charge in [0, 0.05) is 18.7 Å². The van der Waals surface area contributed by atoms with Crippen LogP contribution in [0, 0.1) is 0 Å². The molecule has 116 valence electrons. The number of thiazole rings is 1. The average molecular weight is 344 g/mol. The highest BCUT2D eigenvalue weighted by Gasteiger charge is 2.17. The summed E-state index contributed by atoms with van der Waals surface area (Å²) in [6, 6.07) is 7.47. The number of hydrogen-bond donors (Lipinski definition) is 0. The average Bonchev–Trinajstić information content (AvgIpc) is 3.26. The molecule has 0 saturated carbocycles. The molecule has 0 bridgehead atoms. The zero-order chi connectivity index (χ0) is 15.8. The van der Waals surface area contributed by atoms with Crippen molar-refractivity contribution in [3.8, 4) is 11.5 Å². The van der Waals surface area contributed by atoms with E-state index in [1.165, 1.54) is 22.7 Å². The zero-order valence-electron chi connectivity index (χ0n) is 12.0. The molecule has 0 saturated heterocycles. The molecule has 1 aromatic carbocycles. The number of aromatic nitrogens is 1. The third-order valence-electron chi connectivity index (χ3n) is 3.42. The number of amides is 1. The van der Waals surface area contributed by atoms with Crippen LogP contribution in [0.4, 0.5) is 0 Å². The number of thiophene rings is 1. The number of carbonyl (C=O) groups excluding carboxylic acids is 1. The summed E-state index contributed by atoms with van der Waals surface area (Å²) >= 11 is 2.84. The molecule has 4 rings (SSSR count). The first-order valence-electron chi connectivity index (χ1n) is 6.92. The van der Waals surface area contributed by atoms with Crippen LogP contribution in [0.15, 0.2) is 47.3 Å². The molecule has 0 N–H and O–H groups in total. The summed E-state index contributed by atoms with van der Waals surface area (Å²) in [5, 5.41) is 1.87. The fourth-order valence-electron chi connectivity index (χ4n) is 2.39. The summed E-state index contributed by atoms with van der Waals surface area (Å²) in [6.07, 6.45) is 1.78. The van der Waals surface area contributed by atoms with Gasteiger partial charge in [-0.1, -0.05) is 23.5 Å². The molecule has 0 aliphatic carbocycles. The number of fused-ring (bicyclic) bond motifs is 2. The number of rotatable bonds is 3. The first-order chi connectivity index (χ1) is 11.3. The monoisotopic (exact) mass is 344 g/mol. The Morgan fingerprint density at radius 2 is 2.22 bits per heavy atom. The van der Waals surface area contributed by atoms with Crippen LogP contribution in [0.3, 0.4) is 0 Å². The maximum Gasteiger partial charge on any atom is 0.289 e. The molecule has 5 nitrogen and oxygen atoms in total. The van der Waals surface area contributed by atoms with Gasteiger partial charge in [0.15, 0.2) is 16.3 Å². The number of ether oxygens (including phenoxy) is 2. The van der Waals surface area contributed by atoms with Crippen LogP contribution in [0.5, 0.6) is 11.5 Å². The fraction of sp³-hybridized carbons (Fsp3) is 0.125. The van der Waals surface area contributed by atoms with Crippen molar-refractivity contribution in [2.24, 2.45) is 4.99 Å². The van der Waals surface area contributed by atoms with Gasteiger partial charge in [-0.15, -0.1) is 17.9 Å². The second kappa shape index (κ2) is 5.68. The van der Waals surface area contributed by atoms with Crippen molar-refractivity contribution < 1.29 is 14.3 Å². The molecule has 2 aromatic heterocycles. The Balaban J connectivity index is 1.90. The standard InChI is InChI=1S/C16H12N2O3S2/c1-2-5-18-10-7-11-12(21-9-20-11)8-14(10)23-16(18)17-15(19)13-4-3-6-22-13/h2-4,6-8H,1,5,9H2. The summed E-state index contributed by atoms with van der Waals surface area (Å²) in [5.41, 5.74) is 0.955. The molecule has 3 aromatic rings. The number of carbonyl (C=O) groups is 1. The van der Waals surface area contributed by atoms with Crippen molar-refractivity contribution in [1.82, 2.24) is 4.57 Å². The minimum Gasteiger partial charge on any atom is -0.454 e. The SMILES string of the molecule is C=CCn1c(=NC(=O)c2cccs2)sc2cc3c(cc21)OCO3. The number of benzene rings is 1. The van der Waals surface area contributed by atoms with Gasteiger partial charge in [-0.05, 0) is 11.4 Å². The van der Waals surface area contributed by atoms with Crippen molar-refractivity contribution in [2.45, 2.75) is 6.54 Å². The third-order valence-corrected chi connectivity index (χ3v) is 5.32. The number of allylic oxidation sites excluding steroid dienone is 1. The molecule has 0 atom stereocenters. The molecule has 0 spiro atoms. The Bertz CT molecular complexity index is 967. The van der Waals surface area contributed by atoms with Gasteiger partial charge in [-0.2, -0.15) is 4.99 Å². The van der Waals surface area contributed by atoms with Gasteiger partial charge < -0.3 is 14.0 Å². The molecule has 0 unspecified atom stereocenters. The van der Waals surface area contributed by atoms with E-state index in [-0.39, 0.29) is 12.7 Å². The molecule has 0 radical (unpaired) electrons. The van der Waals surface area contributed by atoms with Crippen LogP contribution in [0.2, 0.25) is 0 Å². The van der Waals surface area contributed by atoms with E-state index in [0.717, 1.165) is 16.0 Å². The van der Waals surface area contributed by atoms with E-state index in [0.29, 0.717) is 22.0 Å². The molecule has 1 amide bonds. The normalized spacial score (nSPS) is 13.7. The van der Waals surface area contributed by atoms with E-state index in [1.807, 2.05) is 28.1 Å². The van der Waals surface area contributed by atoms with Crippen molar-refractivity contribution in [2.75, 3.05) is 6.79 Å². The molecule has 3 heterocycles. The molecule has 23 heavy (non-hydrogen) atoms. The second-order valence-electron chi connectivity index (χ2n) is 4.85. The van der Waals surface area contributed by atoms with E-state index in [4.69, 9.17) is 9.47 Å². The zero-order valence-corrected chi connectivity index (χ0v) is 13.7. The van der Waals surface area contributed by atoms with E-state index < -0.39 is 0 Å². The van der Waals surface area contributed by atoms with Crippen LogP contribution >= 0.6 is 22.7 Å². The highest BCUT2D eigenvalue weighted by molar-refractivity contribution is 7.16. The van der Waals surface area contributed by atoms with Crippen LogP contribution in [0.1, 0.15) is 9.67 Å². The summed E-state index contributed by atoms with van der Waals surface area (Å²) in [6.45, 7) is 4.59. The molecular weight excluding hydrogens is 332 g/mol. The lowest BCUT2D eigenvalue weighted by Crippen LogP contribution is -2.15. The van der Waals surface area contributed by atoms with Crippen LogP contribution in [0.25, 0.3) is 10.2 Å². The van der Waals surface area contributed by atoms with Gasteiger partial charge in [0.1, 0.15) is 0 Å². The van der Waals surface area contributed by atoms with E-state index in [1.54, 1.807) is 12.1 Å². The Morgan fingerprint density at radius 3 is 2.96 bits per heavy atom. The second-order valence-corrected chi connectivity index (χ2v) is 6.81. The van der Waals surface area contributed by atoms with Gasteiger partial charge in [-0.3, -0.25) is 4.79 Å². The van der Waals surface area contributed by atoms with E-state index in [9.17, 15) is 4.79 Å². The summed E-state index contributed by atoms with van der Waals surface area (Å²) in [7, 11) is 0. The highest BCUT2D eigenvalue weighted by atomic mass is 32.1. The summed E-state index contributed by atoms with van der Waals surface area (Å²) < 4.78 is 13.8. The number of nitrogens with zero attached hydrogens (tertiary/aromatic N) is 2. The van der Waals surface area contributed by atoms with Gasteiger partial charge in [0.25, 0.3) is 5.91 Å². The molecule has 0 fully saturated rings. The van der Waals surface area contributed by atoms with Gasteiger partial charge >= 0.3 is 0 Å². The molecular formula is C16H12N2O3S2. The molecule has 1 aliphatic rings. The lowest BCUT2D eigenvalue weighted by Gasteiger charge is -2.02. The van der Waals surface area contributed by atoms with Crippen molar-refractivity contribution in [1.29, 1.82) is 0 Å². The first-order valence-corrected chi connectivity index (χ1v) is 8.62. The van der Waals surface area contributed by atoms with Crippen molar-refractivity contribution >= 4 is 38.8 Å². The smallest absolute Gasteiger partial charge is 0.289 e. The lowest BCUT2D eigenvalue weighted by molar-refractivity contribution is 0.100. The Hall–Kier alpha value is -2.38. The van der Waals surface area contributed by atoms with Gasteiger partial charge in [0.05, 0.1) is 15.1 Å². The Morgan fingerprint density at radius 1 is 1.39 bits per heavy atom. The van der Waals surface area contributed by atoms with Crippen LogP contribution in [-0.2, 0) is 6.54 Å². The predicted molar refractivity (Wildman–Crippen MR) is 90.3 cm³/mol. The quantitative estimate of drug-likeness (QED) is 0.684. The maximum atomic E-state index is 12.3. The van der Waals surface area contributed by atoms with Gasteiger partial charge in [0.2, 0.25) is 6.79 Å². The topological polar surface area (TPSA) is 52.8 Å². The van der Waals surface area contributed by atoms with E-state index >= 15 is 0 Å². The molecule has 7 heteroatoms. The lowest BCUT2D eigenvalue weighted by atomic mass is 10.3. The van der Waals surface area contributed by atoms with Crippen molar-refractivity contribution in [3.05, 3.63) is 52.0 Å². The Kier molecular flexibility index (Phi) is 3.51. The maximum absolute atomic E-state index is 12.3. The van der Waals surface area contributed by atoms with Crippen molar-refractivity contribution in [3.63, 3.8) is 0 Å². The third kappa shape index (κ3) is 2.47.